The van der Waals surface area contributed by atoms with Crippen LogP contribution in [0.25, 0.3) is 11.3 Å². The average molecular weight is 330 g/mol. The molecule has 0 fully saturated rings. The van der Waals surface area contributed by atoms with Crippen LogP contribution in [0.2, 0.25) is 5.02 Å². The van der Waals surface area contributed by atoms with E-state index in [1.165, 1.54) is 0 Å². The Balaban J connectivity index is 1.72. The summed E-state index contributed by atoms with van der Waals surface area (Å²) in [5.74, 6) is 0.540. The Kier molecular flexibility index (Phi) is 4.21. The molecule has 0 atom stereocenters. The van der Waals surface area contributed by atoms with Gasteiger partial charge in [0.15, 0.2) is 5.76 Å². The molecule has 0 radical (unpaired) electrons. The number of rotatable bonds is 4. The monoisotopic (exact) mass is 329 g/mol. The van der Waals surface area contributed by atoms with Crippen LogP contribution in [0, 0.1) is 6.92 Å². The number of aromatic nitrogens is 2. The lowest BCUT2D eigenvalue weighted by Gasteiger charge is -2.04. The van der Waals surface area contributed by atoms with Gasteiger partial charge in [-0.3, -0.25) is 9.48 Å². The number of amides is 1. The third kappa shape index (κ3) is 3.29. The molecule has 0 saturated heterocycles. The zero-order valence-corrected chi connectivity index (χ0v) is 13.6. The fourth-order valence-electron chi connectivity index (χ4n) is 2.35. The highest BCUT2D eigenvalue weighted by molar-refractivity contribution is 6.33. The Morgan fingerprint density at radius 3 is 2.78 bits per heavy atom. The number of benzene rings is 1. The van der Waals surface area contributed by atoms with Crippen molar-refractivity contribution in [3.63, 3.8) is 0 Å². The second kappa shape index (κ2) is 6.30. The number of hydrogen-bond acceptors (Lipinski definition) is 3. The normalized spacial score (nSPS) is 10.7. The predicted octanol–water partition coefficient (Wildman–Crippen LogP) is 3.57. The Bertz CT molecular complexity index is 851. The molecule has 2 heterocycles. The summed E-state index contributed by atoms with van der Waals surface area (Å²) in [4.78, 5) is 12.2. The molecule has 3 rings (SSSR count). The van der Waals surface area contributed by atoms with Crippen LogP contribution in [0.15, 0.2) is 46.9 Å². The zero-order chi connectivity index (χ0) is 16.4. The molecule has 0 aliphatic heterocycles. The second-order valence-electron chi connectivity index (χ2n) is 5.23. The van der Waals surface area contributed by atoms with Crippen LogP contribution in [-0.2, 0) is 13.6 Å². The number of nitrogens with one attached hydrogen (secondary N) is 1. The molecule has 0 spiro atoms. The van der Waals surface area contributed by atoms with Crippen LogP contribution in [-0.4, -0.2) is 15.7 Å². The zero-order valence-electron chi connectivity index (χ0n) is 12.8. The van der Waals surface area contributed by atoms with Crippen LogP contribution in [0.3, 0.4) is 0 Å². The Morgan fingerprint density at radius 1 is 1.30 bits per heavy atom. The molecule has 0 aliphatic rings. The predicted molar refractivity (Wildman–Crippen MR) is 88.3 cm³/mol. The highest BCUT2D eigenvalue weighted by Crippen LogP contribution is 2.28. The first-order valence-corrected chi connectivity index (χ1v) is 7.55. The number of aryl methyl sites for hydroxylation is 2. The maximum atomic E-state index is 12.2. The SMILES string of the molecule is Cc1cc(CNC(=O)c2ccc(-c3ccccc3Cl)o2)n(C)n1. The summed E-state index contributed by atoms with van der Waals surface area (Å²) < 4.78 is 7.36. The highest BCUT2D eigenvalue weighted by Gasteiger charge is 2.14. The van der Waals surface area contributed by atoms with Gasteiger partial charge in [0.05, 0.1) is 23.0 Å². The maximum Gasteiger partial charge on any atom is 0.287 e. The lowest BCUT2D eigenvalue weighted by atomic mass is 10.2. The summed E-state index contributed by atoms with van der Waals surface area (Å²) in [6.07, 6.45) is 0. The van der Waals surface area contributed by atoms with Crippen molar-refractivity contribution in [2.45, 2.75) is 13.5 Å². The standard InChI is InChI=1S/C17H16ClN3O2/c1-11-9-12(21(2)20-11)10-19-17(22)16-8-7-15(23-16)13-5-3-4-6-14(13)18/h3-9H,10H2,1-2H3,(H,19,22). The van der Waals surface area contributed by atoms with Crippen molar-refractivity contribution in [1.29, 1.82) is 0 Å². The summed E-state index contributed by atoms with van der Waals surface area (Å²) in [7, 11) is 1.84. The van der Waals surface area contributed by atoms with E-state index in [4.69, 9.17) is 16.0 Å². The third-order valence-electron chi connectivity index (χ3n) is 3.50. The molecular weight excluding hydrogens is 314 g/mol. The van der Waals surface area contributed by atoms with Crippen molar-refractivity contribution in [2.24, 2.45) is 7.05 Å². The Morgan fingerprint density at radius 2 is 2.09 bits per heavy atom. The second-order valence-corrected chi connectivity index (χ2v) is 5.63. The molecule has 0 unspecified atom stereocenters. The molecule has 23 heavy (non-hydrogen) atoms. The van der Waals surface area contributed by atoms with E-state index in [1.807, 2.05) is 38.2 Å². The lowest BCUT2D eigenvalue weighted by Crippen LogP contribution is -2.23. The molecule has 1 amide bonds. The van der Waals surface area contributed by atoms with Gasteiger partial charge in [0.25, 0.3) is 5.91 Å². The molecule has 5 nitrogen and oxygen atoms in total. The van der Waals surface area contributed by atoms with E-state index in [1.54, 1.807) is 22.9 Å². The van der Waals surface area contributed by atoms with Gasteiger partial charge in [-0.05, 0) is 37.3 Å². The van der Waals surface area contributed by atoms with Crippen molar-refractivity contribution < 1.29 is 9.21 Å². The van der Waals surface area contributed by atoms with Gasteiger partial charge in [0, 0.05) is 12.6 Å². The fourth-order valence-corrected chi connectivity index (χ4v) is 2.58. The summed E-state index contributed by atoms with van der Waals surface area (Å²) in [6.45, 7) is 2.30. The van der Waals surface area contributed by atoms with Crippen LogP contribution in [0.1, 0.15) is 21.9 Å². The van der Waals surface area contributed by atoms with Gasteiger partial charge in [-0.25, -0.2) is 0 Å². The quantitative estimate of drug-likeness (QED) is 0.796. The van der Waals surface area contributed by atoms with Gasteiger partial charge in [-0.1, -0.05) is 23.7 Å². The number of carbonyl (C=O) groups is 1. The summed E-state index contributed by atoms with van der Waals surface area (Å²) in [5, 5.41) is 7.65. The van der Waals surface area contributed by atoms with Crippen molar-refractivity contribution in [3.8, 4) is 11.3 Å². The summed E-state index contributed by atoms with van der Waals surface area (Å²) in [5.41, 5.74) is 2.60. The largest absolute Gasteiger partial charge is 0.451 e. The van der Waals surface area contributed by atoms with Gasteiger partial charge in [-0.2, -0.15) is 5.10 Å². The first kappa shape index (κ1) is 15.4. The van der Waals surface area contributed by atoms with Crippen LogP contribution >= 0.6 is 11.6 Å². The van der Waals surface area contributed by atoms with Gasteiger partial charge in [0.1, 0.15) is 5.76 Å². The number of furan rings is 1. The van der Waals surface area contributed by atoms with Gasteiger partial charge < -0.3 is 9.73 Å². The Labute approximate surface area is 138 Å². The van der Waals surface area contributed by atoms with E-state index >= 15 is 0 Å². The minimum absolute atomic E-state index is 0.249. The molecule has 1 aromatic carbocycles. The van der Waals surface area contributed by atoms with Crippen molar-refractivity contribution in [3.05, 3.63) is 64.6 Å². The number of halogens is 1. The van der Waals surface area contributed by atoms with Gasteiger partial charge in [-0.15, -0.1) is 0 Å². The van der Waals surface area contributed by atoms with Gasteiger partial charge in [0.2, 0.25) is 0 Å². The smallest absolute Gasteiger partial charge is 0.287 e. The minimum atomic E-state index is -0.276. The van der Waals surface area contributed by atoms with E-state index in [0.717, 1.165) is 17.0 Å². The Hall–Kier alpha value is -2.53. The minimum Gasteiger partial charge on any atom is -0.451 e. The average Bonchev–Trinajstić information content (AvgIpc) is 3.12. The molecule has 0 bridgehead atoms. The highest BCUT2D eigenvalue weighted by atomic mass is 35.5. The van der Waals surface area contributed by atoms with E-state index < -0.39 is 0 Å². The van der Waals surface area contributed by atoms with Crippen molar-refractivity contribution in [2.75, 3.05) is 0 Å². The molecular formula is C17H16ClN3O2. The summed E-state index contributed by atoms with van der Waals surface area (Å²) >= 11 is 6.14. The fraction of sp³-hybridized carbons (Fsp3) is 0.176. The van der Waals surface area contributed by atoms with E-state index in [-0.39, 0.29) is 11.7 Å². The number of nitrogens with zero attached hydrogens (tertiary/aromatic N) is 2. The van der Waals surface area contributed by atoms with E-state index in [0.29, 0.717) is 17.3 Å². The first-order chi connectivity index (χ1) is 11.0. The number of carbonyl (C=O) groups excluding carboxylic acids is 1. The number of hydrogen-bond donors (Lipinski definition) is 1. The van der Waals surface area contributed by atoms with E-state index in [9.17, 15) is 4.79 Å². The lowest BCUT2D eigenvalue weighted by molar-refractivity contribution is 0.0923. The molecule has 1 N–H and O–H groups in total. The van der Waals surface area contributed by atoms with E-state index in [2.05, 4.69) is 10.4 Å². The van der Waals surface area contributed by atoms with Gasteiger partial charge >= 0.3 is 0 Å². The van der Waals surface area contributed by atoms with Crippen LogP contribution in [0.4, 0.5) is 0 Å². The molecule has 0 aliphatic carbocycles. The van der Waals surface area contributed by atoms with Crippen molar-refractivity contribution in [1.82, 2.24) is 15.1 Å². The molecule has 2 aromatic heterocycles. The molecule has 0 saturated carbocycles. The molecule has 118 valence electrons. The molecule has 6 heteroatoms. The van der Waals surface area contributed by atoms with Crippen LogP contribution < -0.4 is 5.32 Å². The topological polar surface area (TPSA) is 60.1 Å². The molecule has 3 aromatic rings. The first-order valence-electron chi connectivity index (χ1n) is 7.17. The van der Waals surface area contributed by atoms with Crippen molar-refractivity contribution >= 4 is 17.5 Å². The summed E-state index contributed by atoms with van der Waals surface area (Å²) in [6, 6.07) is 12.7. The maximum absolute atomic E-state index is 12.2. The van der Waals surface area contributed by atoms with Crippen LogP contribution in [0.5, 0.6) is 0 Å². The third-order valence-corrected chi connectivity index (χ3v) is 3.83.